The summed E-state index contributed by atoms with van der Waals surface area (Å²) in [5, 5.41) is 2.60. The Morgan fingerprint density at radius 3 is 2.06 bits per heavy atom. The molecule has 0 saturated carbocycles. The Kier molecular flexibility index (Phi) is 6.80. The summed E-state index contributed by atoms with van der Waals surface area (Å²) in [6, 6.07) is -1.26. The van der Waals surface area contributed by atoms with Gasteiger partial charge in [-0.1, -0.05) is 27.7 Å². The van der Waals surface area contributed by atoms with Crippen molar-refractivity contribution in [1.29, 1.82) is 0 Å². The summed E-state index contributed by atoms with van der Waals surface area (Å²) in [7, 11) is 0. The van der Waals surface area contributed by atoms with E-state index in [-0.39, 0.29) is 17.7 Å². The molecular formula is C12H24N2O3. The predicted molar refractivity (Wildman–Crippen MR) is 66.2 cm³/mol. The Balaban J connectivity index is 4.42. The second kappa shape index (κ2) is 7.27. The molecule has 0 aromatic rings. The van der Waals surface area contributed by atoms with Gasteiger partial charge in [0.05, 0.1) is 12.6 Å². The van der Waals surface area contributed by atoms with Gasteiger partial charge < -0.3 is 15.8 Å². The molecule has 5 nitrogen and oxygen atoms in total. The lowest BCUT2D eigenvalue weighted by Gasteiger charge is -2.22. The fraction of sp³-hybridized carbons (Fsp3) is 0.833. The second-order valence-electron chi connectivity index (χ2n) is 5.04. The summed E-state index contributed by atoms with van der Waals surface area (Å²) in [6.45, 7) is 9.55. The third-order valence-corrected chi connectivity index (χ3v) is 2.19. The highest BCUT2D eigenvalue weighted by atomic mass is 16.5. The fourth-order valence-corrected chi connectivity index (χ4v) is 1.12. The van der Waals surface area contributed by atoms with Crippen LogP contribution in [0, 0.1) is 11.8 Å². The van der Waals surface area contributed by atoms with Crippen LogP contribution in [-0.4, -0.2) is 30.6 Å². The van der Waals surface area contributed by atoms with E-state index in [4.69, 9.17) is 10.5 Å². The molecule has 0 aromatic heterocycles. The lowest BCUT2D eigenvalue weighted by molar-refractivity contribution is -0.150. The number of ether oxygens (including phenoxy) is 1. The molecule has 5 heteroatoms. The fourth-order valence-electron chi connectivity index (χ4n) is 1.12. The topological polar surface area (TPSA) is 81.4 Å². The maximum atomic E-state index is 11.8. The van der Waals surface area contributed by atoms with Crippen LogP contribution in [-0.2, 0) is 14.3 Å². The van der Waals surface area contributed by atoms with E-state index in [2.05, 4.69) is 5.32 Å². The van der Waals surface area contributed by atoms with Crippen LogP contribution in [0.3, 0.4) is 0 Å². The molecule has 0 bridgehead atoms. The molecule has 0 unspecified atom stereocenters. The van der Waals surface area contributed by atoms with Crippen LogP contribution in [0.1, 0.15) is 34.6 Å². The van der Waals surface area contributed by atoms with Crippen LogP contribution >= 0.6 is 0 Å². The first-order valence-electron chi connectivity index (χ1n) is 5.98. The van der Waals surface area contributed by atoms with Gasteiger partial charge in [0.15, 0.2) is 0 Å². The van der Waals surface area contributed by atoms with Crippen molar-refractivity contribution in [2.45, 2.75) is 46.7 Å². The van der Waals surface area contributed by atoms with Crippen molar-refractivity contribution in [2.24, 2.45) is 17.6 Å². The highest BCUT2D eigenvalue weighted by molar-refractivity contribution is 5.87. The van der Waals surface area contributed by atoms with Crippen molar-refractivity contribution >= 4 is 11.9 Å². The zero-order valence-corrected chi connectivity index (χ0v) is 11.3. The van der Waals surface area contributed by atoms with Crippen LogP contribution in [0.4, 0.5) is 0 Å². The van der Waals surface area contributed by atoms with Crippen LogP contribution in [0.25, 0.3) is 0 Å². The highest BCUT2D eigenvalue weighted by Crippen LogP contribution is 2.05. The van der Waals surface area contributed by atoms with Gasteiger partial charge in [-0.05, 0) is 18.8 Å². The van der Waals surface area contributed by atoms with E-state index in [1.165, 1.54) is 0 Å². The predicted octanol–water partition coefficient (Wildman–Crippen LogP) is 0.674. The summed E-state index contributed by atoms with van der Waals surface area (Å²) in [5.74, 6) is -0.499. The van der Waals surface area contributed by atoms with Crippen LogP contribution < -0.4 is 11.1 Å². The Morgan fingerprint density at radius 1 is 1.18 bits per heavy atom. The summed E-state index contributed by atoms with van der Waals surface area (Å²) < 4.78 is 5.11. The Morgan fingerprint density at radius 2 is 1.71 bits per heavy atom. The van der Waals surface area contributed by atoms with Gasteiger partial charge in [-0.2, -0.15) is 0 Å². The number of hydrogen-bond donors (Lipinski definition) is 2. The molecule has 2 atom stereocenters. The zero-order chi connectivity index (χ0) is 13.6. The van der Waals surface area contributed by atoms with E-state index < -0.39 is 18.1 Å². The molecule has 0 rings (SSSR count). The Bertz CT molecular complexity index is 262. The minimum Gasteiger partial charge on any atom is -0.464 e. The first kappa shape index (κ1) is 15.9. The number of hydrogen-bond acceptors (Lipinski definition) is 4. The molecule has 0 aliphatic heterocycles. The number of rotatable bonds is 6. The van der Waals surface area contributed by atoms with Crippen molar-refractivity contribution in [3.05, 3.63) is 0 Å². The number of amides is 1. The summed E-state index contributed by atoms with van der Waals surface area (Å²) >= 11 is 0. The number of carbonyl (C=O) groups excluding carboxylic acids is 2. The van der Waals surface area contributed by atoms with E-state index >= 15 is 0 Å². The minimum atomic E-state index is -0.632. The molecule has 0 heterocycles. The molecular weight excluding hydrogens is 220 g/mol. The quantitative estimate of drug-likeness (QED) is 0.673. The van der Waals surface area contributed by atoms with E-state index in [9.17, 15) is 9.59 Å². The standard InChI is InChI=1S/C12H24N2O3/c1-7(2)6-17-12(16)10(8(3)4)14-11(15)9(5)13/h7-10H,6,13H2,1-5H3,(H,14,15)/t9-,10-/m0/s1. The molecule has 0 saturated heterocycles. The zero-order valence-electron chi connectivity index (χ0n) is 11.3. The summed E-state index contributed by atoms with van der Waals surface area (Å²) in [6.07, 6.45) is 0. The van der Waals surface area contributed by atoms with Gasteiger partial charge in [-0.15, -0.1) is 0 Å². The number of esters is 1. The van der Waals surface area contributed by atoms with Gasteiger partial charge in [0.1, 0.15) is 6.04 Å². The molecule has 0 spiro atoms. The molecule has 17 heavy (non-hydrogen) atoms. The van der Waals surface area contributed by atoms with Crippen molar-refractivity contribution in [1.82, 2.24) is 5.32 Å². The van der Waals surface area contributed by atoms with Gasteiger partial charge >= 0.3 is 5.97 Å². The van der Waals surface area contributed by atoms with Crippen LogP contribution in [0.5, 0.6) is 0 Å². The molecule has 1 amide bonds. The van der Waals surface area contributed by atoms with E-state index in [1.54, 1.807) is 6.92 Å². The Hall–Kier alpha value is -1.10. The molecule has 0 radical (unpaired) electrons. The largest absolute Gasteiger partial charge is 0.464 e. The highest BCUT2D eigenvalue weighted by Gasteiger charge is 2.26. The molecule has 0 aliphatic carbocycles. The van der Waals surface area contributed by atoms with Crippen molar-refractivity contribution < 1.29 is 14.3 Å². The van der Waals surface area contributed by atoms with Gasteiger partial charge in [-0.25, -0.2) is 4.79 Å². The van der Waals surface area contributed by atoms with Gasteiger partial charge in [0.2, 0.25) is 5.91 Å². The normalized spacial score (nSPS) is 14.6. The lowest BCUT2D eigenvalue weighted by Crippen LogP contribution is -2.50. The summed E-state index contributed by atoms with van der Waals surface area (Å²) in [5.41, 5.74) is 5.44. The average molecular weight is 244 g/mol. The molecule has 3 N–H and O–H groups in total. The number of carbonyl (C=O) groups is 2. The number of nitrogens with one attached hydrogen (secondary N) is 1. The van der Waals surface area contributed by atoms with E-state index in [1.807, 2.05) is 27.7 Å². The lowest BCUT2D eigenvalue weighted by atomic mass is 10.0. The van der Waals surface area contributed by atoms with Gasteiger partial charge in [-0.3, -0.25) is 4.79 Å². The van der Waals surface area contributed by atoms with Crippen LogP contribution in [0.2, 0.25) is 0 Å². The van der Waals surface area contributed by atoms with Gasteiger partial charge in [0, 0.05) is 0 Å². The minimum absolute atomic E-state index is 0.0302. The molecule has 100 valence electrons. The average Bonchev–Trinajstić information content (AvgIpc) is 2.21. The molecule has 0 aliphatic rings. The maximum Gasteiger partial charge on any atom is 0.328 e. The van der Waals surface area contributed by atoms with Crippen molar-refractivity contribution in [3.63, 3.8) is 0 Å². The third-order valence-electron chi connectivity index (χ3n) is 2.19. The molecule has 0 aromatic carbocycles. The first-order chi connectivity index (χ1) is 7.75. The van der Waals surface area contributed by atoms with Gasteiger partial charge in [0.25, 0.3) is 0 Å². The summed E-state index contributed by atoms with van der Waals surface area (Å²) in [4.78, 5) is 23.2. The third kappa shape index (κ3) is 6.26. The molecule has 0 fully saturated rings. The smallest absolute Gasteiger partial charge is 0.328 e. The number of nitrogens with two attached hydrogens (primary N) is 1. The van der Waals surface area contributed by atoms with Crippen molar-refractivity contribution in [2.75, 3.05) is 6.61 Å². The SMILES string of the molecule is CC(C)COC(=O)[C@@H](NC(=O)[C@H](C)N)C(C)C. The van der Waals surface area contributed by atoms with E-state index in [0.717, 1.165) is 0 Å². The first-order valence-corrected chi connectivity index (χ1v) is 5.98. The monoisotopic (exact) mass is 244 g/mol. The second-order valence-corrected chi connectivity index (χ2v) is 5.04. The Labute approximate surface area is 103 Å². The van der Waals surface area contributed by atoms with E-state index in [0.29, 0.717) is 6.61 Å². The van der Waals surface area contributed by atoms with Crippen molar-refractivity contribution in [3.8, 4) is 0 Å². The maximum absolute atomic E-state index is 11.8. The van der Waals surface area contributed by atoms with Crippen LogP contribution in [0.15, 0.2) is 0 Å².